The van der Waals surface area contributed by atoms with E-state index < -0.39 is 0 Å². The van der Waals surface area contributed by atoms with E-state index in [-0.39, 0.29) is 0 Å². The average molecular weight is 280 g/mol. The van der Waals surface area contributed by atoms with Crippen LogP contribution in [0.2, 0.25) is 5.15 Å². The van der Waals surface area contributed by atoms with E-state index >= 15 is 0 Å². The number of aromatic amines is 1. The minimum Gasteiger partial charge on any atom is -0.339 e. The molecule has 0 amide bonds. The number of nitrogens with one attached hydrogen (secondary N) is 1. The van der Waals surface area contributed by atoms with Crippen molar-refractivity contribution in [3.8, 4) is 11.3 Å². The maximum absolute atomic E-state index is 6.08. The second-order valence-corrected chi connectivity index (χ2v) is 5.03. The van der Waals surface area contributed by atoms with Crippen molar-refractivity contribution in [2.75, 3.05) is 0 Å². The Balaban J connectivity index is 1.94. The van der Waals surface area contributed by atoms with Crippen LogP contribution in [0.1, 0.15) is 0 Å². The second kappa shape index (κ2) is 4.32. The summed E-state index contributed by atoms with van der Waals surface area (Å²) >= 11 is 6.08. The summed E-state index contributed by atoms with van der Waals surface area (Å²) in [5.74, 6) is 0. The molecule has 4 heteroatoms. The molecule has 20 heavy (non-hydrogen) atoms. The normalized spacial score (nSPS) is 11.2. The molecule has 0 fully saturated rings. The maximum atomic E-state index is 6.08. The number of halogens is 1. The molecule has 2 aromatic heterocycles. The molecule has 0 saturated heterocycles. The number of benzene rings is 2. The van der Waals surface area contributed by atoms with Gasteiger partial charge in [0.15, 0.2) is 0 Å². The van der Waals surface area contributed by atoms with E-state index in [1.807, 2.05) is 18.2 Å². The van der Waals surface area contributed by atoms with Crippen LogP contribution in [-0.2, 0) is 0 Å². The van der Waals surface area contributed by atoms with E-state index in [1.54, 1.807) is 0 Å². The molecule has 1 N–H and O–H groups in total. The van der Waals surface area contributed by atoms with Gasteiger partial charge in [-0.3, -0.25) is 0 Å². The Labute approximate surface area is 120 Å². The second-order valence-electron chi connectivity index (χ2n) is 4.67. The number of hydrogen-bond donors (Lipinski definition) is 1. The molecule has 3 nitrogen and oxygen atoms in total. The van der Waals surface area contributed by atoms with Crippen LogP contribution in [0.25, 0.3) is 33.1 Å². The Kier molecular flexibility index (Phi) is 2.47. The summed E-state index contributed by atoms with van der Waals surface area (Å²) in [6.07, 6.45) is 1.46. The van der Waals surface area contributed by atoms with Crippen molar-refractivity contribution in [1.82, 2.24) is 15.0 Å². The summed E-state index contributed by atoms with van der Waals surface area (Å²) in [7, 11) is 0. The van der Waals surface area contributed by atoms with Crippen molar-refractivity contribution in [3.05, 3.63) is 60.0 Å². The van der Waals surface area contributed by atoms with Crippen molar-refractivity contribution >= 4 is 33.4 Å². The van der Waals surface area contributed by atoms with Gasteiger partial charge in [-0.15, -0.1) is 0 Å². The zero-order valence-corrected chi connectivity index (χ0v) is 11.2. The van der Waals surface area contributed by atoms with Crippen molar-refractivity contribution < 1.29 is 0 Å². The molecular weight excluding hydrogens is 270 g/mol. The molecule has 2 aromatic carbocycles. The topological polar surface area (TPSA) is 41.6 Å². The first-order chi connectivity index (χ1) is 9.81. The Bertz CT molecular complexity index is 927. The lowest BCUT2D eigenvalue weighted by Crippen LogP contribution is -1.80. The van der Waals surface area contributed by atoms with E-state index in [9.17, 15) is 0 Å². The Morgan fingerprint density at radius 2 is 1.75 bits per heavy atom. The quantitative estimate of drug-likeness (QED) is 0.524. The number of hydrogen-bond acceptors (Lipinski definition) is 2. The molecule has 2 heterocycles. The molecule has 0 aliphatic carbocycles. The minimum absolute atomic E-state index is 0.471. The number of H-pyrrole nitrogens is 1. The Morgan fingerprint density at radius 3 is 2.60 bits per heavy atom. The van der Waals surface area contributed by atoms with Crippen LogP contribution in [0.4, 0.5) is 0 Å². The smallest absolute Gasteiger partial charge is 0.142 e. The van der Waals surface area contributed by atoms with Crippen molar-refractivity contribution in [3.63, 3.8) is 0 Å². The lowest BCUT2D eigenvalue weighted by atomic mass is 10.1. The predicted molar refractivity (Wildman–Crippen MR) is 81.8 cm³/mol. The van der Waals surface area contributed by atoms with Gasteiger partial charge in [0.1, 0.15) is 17.1 Å². The van der Waals surface area contributed by atoms with Gasteiger partial charge in [0.25, 0.3) is 0 Å². The summed E-state index contributed by atoms with van der Waals surface area (Å²) in [6.45, 7) is 0. The third kappa shape index (κ3) is 1.75. The summed E-state index contributed by atoms with van der Waals surface area (Å²) in [6, 6.07) is 16.6. The third-order valence-corrected chi connectivity index (χ3v) is 3.74. The molecule has 0 spiro atoms. The van der Waals surface area contributed by atoms with Gasteiger partial charge in [-0.2, -0.15) is 0 Å². The number of nitrogens with zero attached hydrogens (tertiary/aromatic N) is 2. The molecule has 0 atom stereocenters. The molecule has 0 aliphatic heterocycles. The first-order valence-corrected chi connectivity index (χ1v) is 6.67. The van der Waals surface area contributed by atoms with Crippen LogP contribution in [0.3, 0.4) is 0 Å². The van der Waals surface area contributed by atoms with Crippen LogP contribution >= 0.6 is 11.6 Å². The Morgan fingerprint density at radius 1 is 0.900 bits per heavy atom. The third-order valence-electron chi connectivity index (χ3n) is 3.44. The number of aromatic nitrogens is 3. The molecule has 96 valence electrons. The van der Waals surface area contributed by atoms with Gasteiger partial charge in [-0.1, -0.05) is 48.0 Å². The fourth-order valence-corrected chi connectivity index (χ4v) is 2.61. The van der Waals surface area contributed by atoms with E-state index in [0.29, 0.717) is 5.15 Å². The fourth-order valence-electron chi connectivity index (χ4n) is 2.42. The first-order valence-electron chi connectivity index (χ1n) is 6.30. The molecule has 4 rings (SSSR count). The fraction of sp³-hybridized carbons (Fsp3) is 0. The summed E-state index contributed by atoms with van der Waals surface area (Å²) in [4.78, 5) is 11.5. The summed E-state index contributed by atoms with van der Waals surface area (Å²) in [5, 5.41) is 3.75. The summed E-state index contributed by atoms with van der Waals surface area (Å²) in [5.41, 5.74) is 2.86. The van der Waals surface area contributed by atoms with E-state index in [0.717, 1.165) is 22.3 Å². The first kappa shape index (κ1) is 11.4. The van der Waals surface area contributed by atoms with Gasteiger partial charge < -0.3 is 4.98 Å². The zero-order valence-electron chi connectivity index (χ0n) is 10.5. The van der Waals surface area contributed by atoms with Crippen molar-refractivity contribution in [2.45, 2.75) is 0 Å². The number of fused-ring (bicyclic) bond motifs is 2. The molecule has 0 aliphatic rings. The van der Waals surface area contributed by atoms with Crippen LogP contribution in [0, 0.1) is 0 Å². The minimum atomic E-state index is 0.471. The van der Waals surface area contributed by atoms with Gasteiger partial charge in [0.05, 0.1) is 5.39 Å². The van der Waals surface area contributed by atoms with Gasteiger partial charge >= 0.3 is 0 Å². The van der Waals surface area contributed by atoms with Gasteiger partial charge in [0.2, 0.25) is 0 Å². The lowest BCUT2D eigenvalue weighted by Gasteiger charge is -2.01. The van der Waals surface area contributed by atoms with Crippen molar-refractivity contribution in [2.24, 2.45) is 0 Å². The van der Waals surface area contributed by atoms with Crippen molar-refractivity contribution in [1.29, 1.82) is 0 Å². The Hall–Kier alpha value is -2.39. The van der Waals surface area contributed by atoms with E-state index in [1.165, 1.54) is 17.1 Å². The standard InChI is InChI=1S/C16H10ClN3/c17-15-13-8-14(20-16(13)19-9-18-15)12-6-5-10-3-1-2-4-11(10)7-12/h1-9H,(H,18,19,20). The molecule has 0 radical (unpaired) electrons. The monoisotopic (exact) mass is 279 g/mol. The molecule has 0 saturated carbocycles. The van der Waals surface area contributed by atoms with Crippen LogP contribution in [0.15, 0.2) is 54.9 Å². The molecule has 0 unspecified atom stereocenters. The highest BCUT2D eigenvalue weighted by Gasteiger charge is 2.08. The van der Waals surface area contributed by atoms with Crippen LogP contribution in [0.5, 0.6) is 0 Å². The van der Waals surface area contributed by atoms with Gasteiger partial charge in [0, 0.05) is 5.69 Å². The van der Waals surface area contributed by atoms with E-state index in [2.05, 4.69) is 45.3 Å². The number of rotatable bonds is 1. The average Bonchev–Trinajstić information content (AvgIpc) is 2.92. The highest BCUT2D eigenvalue weighted by Crippen LogP contribution is 2.28. The van der Waals surface area contributed by atoms with E-state index in [4.69, 9.17) is 11.6 Å². The largest absolute Gasteiger partial charge is 0.339 e. The SMILES string of the molecule is Clc1ncnc2[nH]c(-c3ccc4ccccc4c3)cc12. The van der Waals surface area contributed by atoms with Crippen LogP contribution < -0.4 is 0 Å². The highest BCUT2D eigenvalue weighted by atomic mass is 35.5. The van der Waals surface area contributed by atoms with Crippen LogP contribution in [-0.4, -0.2) is 15.0 Å². The lowest BCUT2D eigenvalue weighted by molar-refractivity contribution is 1.20. The maximum Gasteiger partial charge on any atom is 0.142 e. The van der Waals surface area contributed by atoms with Gasteiger partial charge in [-0.25, -0.2) is 9.97 Å². The zero-order chi connectivity index (χ0) is 13.5. The molecule has 0 bridgehead atoms. The molecule has 4 aromatic rings. The molecular formula is C16H10ClN3. The summed E-state index contributed by atoms with van der Waals surface area (Å²) < 4.78 is 0. The van der Waals surface area contributed by atoms with Gasteiger partial charge in [-0.05, 0) is 28.5 Å². The predicted octanol–water partition coefficient (Wildman–Crippen LogP) is 4.43. The highest BCUT2D eigenvalue weighted by molar-refractivity contribution is 6.34.